The lowest BCUT2D eigenvalue weighted by Crippen LogP contribution is -2.47. The number of rotatable bonds is 1. The predicted molar refractivity (Wildman–Crippen MR) is 56.0 cm³/mol. The van der Waals surface area contributed by atoms with E-state index in [-0.39, 0.29) is 5.95 Å². The maximum Gasteiger partial charge on any atom is 0.212 e. The van der Waals surface area contributed by atoms with E-state index in [0.29, 0.717) is 5.92 Å². The molecule has 2 heterocycles. The lowest BCUT2D eigenvalue weighted by Gasteiger charge is -2.48. The largest absolute Gasteiger partial charge is 0.316 e. The monoisotopic (exact) mass is 206 g/mol. The first-order valence-electron chi connectivity index (χ1n) is 5.67. The summed E-state index contributed by atoms with van der Waals surface area (Å²) < 4.78 is 12.7. The molecular weight excluding hydrogens is 191 g/mol. The Labute approximate surface area is 88.9 Å². The van der Waals surface area contributed by atoms with Crippen LogP contribution in [-0.2, 0) is 0 Å². The Morgan fingerprint density at radius 2 is 2.33 bits per heavy atom. The van der Waals surface area contributed by atoms with Gasteiger partial charge in [-0.25, -0.2) is 4.98 Å². The zero-order chi connectivity index (χ0) is 10.3. The summed E-state index contributed by atoms with van der Waals surface area (Å²) in [4.78, 5) is 3.73. The highest BCUT2D eigenvalue weighted by molar-refractivity contribution is 5.21. The topological polar surface area (TPSA) is 24.9 Å². The molecule has 1 saturated carbocycles. The van der Waals surface area contributed by atoms with Crippen molar-refractivity contribution in [2.24, 2.45) is 11.8 Å². The van der Waals surface area contributed by atoms with Gasteiger partial charge >= 0.3 is 0 Å². The molecule has 0 unspecified atom stereocenters. The van der Waals surface area contributed by atoms with Crippen molar-refractivity contribution in [2.75, 3.05) is 13.1 Å². The van der Waals surface area contributed by atoms with E-state index < -0.39 is 0 Å². The number of nitrogens with one attached hydrogen (secondary N) is 1. The average molecular weight is 206 g/mol. The van der Waals surface area contributed by atoms with E-state index >= 15 is 0 Å². The van der Waals surface area contributed by atoms with E-state index in [1.54, 1.807) is 6.20 Å². The van der Waals surface area contributed by atoms with Gasteiger partial charge in [0.2, 0.25) is 5.95 Å². The van der Waals surface area contributed by atoms with E-state index in [0.717, 1.165) is 24.9 Å². The molecule has 2 aliphatic rings. The molecule has 1 saturated heterocycles. The number of aromatic nitrogens is 1. The third-order valence-electron chi connectivity index (χ3n) is 3.93. The van der Waals surface area contributed by atoms with Gasteiger partial charge in [0, 0.05) is 6.20 Å². The van der Waals surface area contributed by atoms with Crippen LogP contribution in [0.4, 0.5) is 4.39 Å². The molecule has 0 bridgehead atoms. The van der Waals surface area contributed by atoms with Gasteiger partial charge in [-0.15, -0.1) is 0 Å². The molecule has 1 N–H and O–H groups in total. The zero-order valence-corrected chi connectivity index (χ0v) is 8.62. The first-order chi connectivity index (χ1) is 7.34. The van der Waals surface area contributed by atoms with Crippen molar-refractivity contribution >= 4 is 0 Å². The number of halogens is 1. The molecule has 0 amide bonds. The molecule has 0 spiro atoms. The fraction of sp³-hybridized carbons (Fsp3) is 0.583. The van der Waals surface area contributed by atoms with Crippen molar-refractivity contribution in [1.82, 2.24) is 10.3 Å². The summed E-state index contributed by atoms with van der Waals surface area (Å²) in [5.41, 5.74) is 1.21. The summed E-state index contributed by atoms with van der Waals surface area (Å²) in [6, 6.07) is 3.36. The van der Waals surface area contributed by atoms with E-state index in [2.05, 4.69) is 10.3 Å². The van der Waals surface area contributed by atoms with Crippen LogP contribution < -0.4 is 5.32 Å². The number of hydrogen-bond donors (Lipinski definition) is 1. The number of piperidine rings is 1. The molecule has 80 valence electrons. The summed E-state index contributed by atoms with van der Waals surface area (Å²) in [5, 5.41) is 3.43. The van der Waals surface area contributed by atoms with Crippen LogP contribution in [0.1, 0.15) is 24.3 Å². The van der Waals surface area contributed by atoms with Gasteiger partial charge < -0.3 is 5.32 Å². The Balaban J connectivity index is 1.76. The van der Waals surface area contributed by atoms with Crippen molar-refractivity contribution in [2.45, 2.75) is 18.8 Å². The molecule has 3 rings (SSSR count). The lowest BCUT2D eigenvalue weighted by molar-refractivity contribution is 0.0931. The van der Waals surface area contributed by atoms with Crippen LogP contribution in [0.25, 0.3) is 0 Å². The van der Waals surface area contributed by atoms with E-state index in [1.807, 2.05) is 6.07 Å². The summed E-state index contributed by atoms with van der Waals surface area (Å²) >= 11 is 0. The molecule has 0 aromatic carbocycles. The highest BCUT2D eigenvalue weighted by Crippen LogP contribution is 2.49. The molecule has 3 atom stereocenters. The van der Waals surface area contributed by atoms with Crippen molar-refractivity contribution in [3.8, 4) is 0 Å². The molecule has 2 fully saturated rings. The van der Waals surface area contributed by atoms with Gasteiger partial charge in [-0.05, 0) is 55.3 Å². The average Bonchev–Trinajstić information content (AvgIpc) is 2.23. The van der Waals surface area contributed by atoms with E-state index in [1.165, 1.54) is 24.5 Å². The van der Waals surface area contributed by atoms with Crippen LogP contribution in [0.2, 0.25) is 0 Å². The van der Waals surface area contributed by atoms with Crippen LogP contribution in [0, 0.1) is 17.8 Å². The smallest absolute Gasteiger partial charge is 0.212 e. The van der Waals surface area contributed by atoms with Gasteiger partial charge in [-0.3, -0.25) is 0 Å². The summed E-state index contributed by atoms with van der Waals surface area (Å²) in [6.45, 7) is 2.28. The third-order valence-corrected chi connectivity index (χ3v) is 3.93. The second-order valence-electron chi connectivity index (χ2n) is 4.67. The van der Waals surface area contributed by atoms with Crippen LogP contribution in [0.15, 0.2) is 18.3 Å². The maximum atomic E-state index is 12.7. The third kappa shape index (κ3) is 1.55. The number of fused-ring (bicyclic) bond motifs is 1. The standard InChI is InChI=1S/C12H15FN2/c13-12-2-1-9(6-15-12)10-5-8-3-4-14-7-11(8)10/h1-2,6,8,10-11,14H,3-5,7H2/t8-,10+,11-/m0/s1. The van der Waals surface area contributed by atoms with Crippen molar-refractivity contribution in [3.05, 3.63) is 29.8 Å². The maximum absolute atomic E-state index is 12.7. The molecule has 15 heavy (non-hydrogen) atoms. The Kier molecular flexibility index (Phi) is 2.20. The first-order valence-corrected chi connectivity index (χ1v) is 5.67. The molecular formula is C12H15FN2. The first kappa shape index (κ1) is 9.28. The summed E-state index contributed by atoms with van der Waals surface area (Å²) in [6.07, 6.45) is 4.26. The Morgan fingerprint density at radius 3 is 3.07 bits per heavy atom. The summed E-state index contributed by atoms with van der Waals surface area (Å²) in [7, 11) is 0. The van der Waals surface area contributed by atoms with Crippen LogP contribution >= 0.6 is 0 Å². The van der Waals surface area contributed by atoms with Crippen LogP contribution in [0.5, 0.6) is 0 Å². The van der Waals surface area contributed by atoms with Crippen molar-refractivity contribution < 1.29 is 4.39 Å². The van der Waals surface area contributed by atoms with Gasteiger partial charge in [-0.1, -0.05) is 6.07 Å². The molecule has 1 aliphatic carbocycles. The van der Waals surface area contributed by atoms with Gasteiger partial charge in [0.05, 0.1) is 0 Å². The second-order valence-corrected chi connectivity index (χ2v) is 4.67. The Morgan fingerprint density at radius 1 is 1.40 bits per heavy atom. The fourth-order valence-electron chi connectivity index (χ4n) is 3.00. The second kappa shape index (κ2) is 3.56. The molecule has 1 aromatic heterocycles. The molecule has 1 aromatic rings. The minimum Gasteiger partial charge on any atom is -0.316 e. The highest BCUT2D eigenvalue weighted by atomic mass is 19.1. The van der Waals surface area contributed by atoms with Gasteiger partial charge in [0.1, 0.15) is 0 Å². The zero-order valence-electron chi connectivity index (χ0n) is 8.62. The van der Waals surface area contributed by atoms with Gasteiger partial charge in [-0.2, -0.15) is 4.39 Å². The number of hydrogen-bond acceptors (Lipinski definition) is 2. The SMILES string of the molecule is Fc1ccc([C@H]2C[C@@H]3CCNC[C@@H]32)cn1. The molecule has 0 radical (unpaired) electrons. The van der Waals surface area contributed by atoms with Crippen LogP contribution in [0.3, 0.4) is 0 Å². The minimum absolute atomic E-state index is 0.378. The Bertz CT molecular complexity index is 349. The Hall–Kier alpha value is -0.960. The number of nitrogens with zero attached hydrogens (tertiary/aromatic N) is 1. The fourth-order valence-corrected chi connectivity index (χ4v) is 3.00. The molecule has 1 aliphatic heterocycles. The highest BCUT2D eigenvalue weighted by Gasteiger charge is 2.42. The normalized spacial score (nSPS) is 34.3. The van der Waals surface area contributed by atoms with E-state index in [9.17, 15) is 4.39 Å². The minimum atomic E-state index is -0.378. The van der Waals surface area contributed by atoms with Crippen molar-refractivity contribution in [1.29, 1.82) is 0 Å². The van der Waals surface area contributed by atoms with Crippen LogP contribution in [-0.4, -0.2) is 18.1 Å². The van der Waals surface area contributed by atoms with Gasteiger partial charge in [0.25, 0.3) is 0 Å². The predicted octanol–water partition coefficient (Wildman–Crippen LogP) is 1.93. The summed E-state index contributed by atoms with van der Waals surface area (Å²) in [5.74, 6) is 1.87. The van der Waals surface area contributed by atoms with E-state index in [4.69, 9.17) is 0 Å². The van der Waals surface area contributed by atoms with Crippen molar-refractivity contribution in [3.63, 3.8) is 0 Å². The number of pyridine rings is 1. The molecule has 2 nitrogen and oxygen atoms in total. The van der Waals surface area contributed by atoms with Gasteiger partial charge in [0.15, 0.2) is 0 Å². The molecule has 3 heteroatoms. The lowest BCUT2D eigenvalue weighted by atomic mass is 9.60. The quantitative estimate of drug-likeness (QED) is 0.710.